The first-order valence-corrected chi connectivity index (χ1v) is 10.1. The van der Waals surface area contributed by atoms with Gasteiger partial charge in [-0.15, -0.1) is 24.8 Å². The number of benzene rings is 1. The second kappa shape index (κ2) is 12.5. The molecule has 172 valence electrons. The summed E-state index contributed by atoms with van der Waals surface area (Å²) >= 11 is 0. The Kier molecular flexibility index (Phi) is 10.7. The van der Waals surface area contributed by atoms with Crippen LogP contribution in [0.2, 0.25) is 0 Å². The van der Waals surface area contributed by atoms with E-state index in [0.29, 0.717) is 17.7 Å². The number of nitrogens with two attached hydrogens (primary N) is 1. The average Bonchev–Trinajstić information content (AvgIpc) is 2.73. The van der Waals surface area contributed by atoms with Gasteiger partial charge in [-0.3, -0.25) is 10.1 Å². The molecule has 9 nitrogen and oxygen atoms in total. The van der Waals surface area contributed by atoms with Crippen molar-refractivity contribution in [3.63, 3.8) is 0 Å². The Balaban J connectivity index is 0.00000240. The fourth-order valence-electron chi connectivity index (χ4n) is 3.52. The normalized spacial score (nSPS) is 15.5. The van der Waals surface area contributed by atoms with Gasteiger partial charge in [-0.25, -0.2) is 4.98 Å². The Bertz CT molecular complexity index is 869. The number of anilines is 4. The van der Waals surface area contributed by atoms with Crippen molar-refractivity contribution in [1.29, 1.82) is 0 Å². The molecule has 0 amide bonds. The Labute approximate surface area is 195 Å². The summed E-state index contributed by atoms with van der Waals surface area (Å²) in [6.45, 7) is 4.00. The van der Waals surface area contributed by atoms with E-state index in [1.165, 1.54) is 12.1 Å². The molecule has 0 spiro atoms. The molecule has 0 bridgehead atoms. The highest BCUT2D eigenvalue weighted by Gasteiger charge is 2.21. The number of piperidine rings is 1. The van der Waals surface area contributed by atoms with Crippen molar-refractivity contribution in [1.82, 2.24) is 15.3 Å². The highest BCUT2D eigenvalue weighted by atomic mass is 35.5. The van der Waals surface area contributed by atoms with Gasteiger partial charge in [-0.2, -0.15) is 4.98 Å². The lowest BCUT2D eigenvalue weighted by Crippen LogP contribution is -2.44. The van der Waals surface area contributed by atoms with Crippen LogP contribution < -0.4 is 21.3 Å². The lowest BCUT2D eigenvalue weighted by Gasteiger charge is -2.33. The molecule has 1 aliphatic rings. The molecule has 11 heteroatoms. The molecule has 2 aromatic rings. The average molecular weight is 472 g/mol. The van der Waals surface area contributed by atoms with Crippen LogP contribution in [0.4, 0.5) is 28.8 Å². The van der Waals surface area contributed by atoms with Gasteiger partial charge in [0.25, 0.3) is 5.69 Å². The van der Waals surface area contributed by atoms with E-state index in [9.17, 15) is 10.1 Å². The van der Waals surface area contributed by atoms with Crippen molar-refractivity contribution in [2.45, 2.75) is 45.1 Å². The Hall–Kier alpha value is -2.36. The van der Waals surface area contributed by atoms with Crippen molar-refractivity contribution in [3.05, 3.63) is 40.1 Å². The first-order chi connectivity index (χ1) is 14.0. The fraction of sp³-hybridized carbons (Fsp3) is 0.500. The van der Waals surface area contributed by atoms with Gasteiger partial charge in [0.2, 0.25) is 5.95 Å². The van der Waals surface area contributed by atoms with Crippen LogP contribution in [0.3, 0.4) is 0 Å². The summed E-state index contributed by atoms with van der Waals surface area (Å²) < 4.78 is 0. The maximum absolute atomic E-state index is 11.2. The van der Waals surface area contributed by atoms with Gasteiger partial charge < -0.3 is 21.3 Å². The number of aryl methyl sites for hydroxylation is 1. The van der Waals surface area contributed by atoms with E-state index >= 15 is 0 Å². The van der Waals surface area contributed by atoms with Crippen LogP contribution in [-0.4, -0.2) is 41.1 Å². The van der Waals surface area contributed by atoms with Crippen LogP contribution in [0.1, 0.15) is 38.3 Å². The summed E-state index contributed by atoms with van der Waals surface area (Å²) in [5.41, 5.74) is 7.20. The molecule has 2 heterocycles. The number of halogens is 2. The van der Waals surface area contributed by atoms with Gasteiger partial charge in [0.1, 0.15) is 11.5 Å². The van der Waals surface area contributed by atoms with Crippen LogP contribution in [0.25, 0.3) is 0 Å². The van der Waals surface area contributed by atoms with E-state index in [4.69, 9.17) is 10.7 Å². The highest BCUT2D eigenvalue weighted by Crippen LogP contribution is 2.27. The van der Waals surface area contributed by atoms with Crippen LogP contribution in [-0.2, 0) is 6.42 Å². The summed E-state index contributed by atoms with van der Waals surface area (Å²) in [4.78, 5) is 22.3. The number of nitrogens with zero attached hydrogens (tertiary/aromatic N) is 4. The molecule has 1 fully saturated rings. The number of unbranched alkanes of at least 4 members (excludes halogenated alkanes) is 1. The molecular formula is C20H31Cl2N7O2. The number of rotatable bonds is 8. The third-order valence-corrected chi connectivity index (χ3v) is 5.19. The molecule has 0 radical (unpaired) electrons. The van der Waals surface area contributed by atoms with Gasteiger partial charge in [0.05, 0.1) is 4.92 Å². The summed E-state index contributed by atoms with van der Waals surface area (Å²) in [5.74, 6) is 1.33. The van der Waals surface area contributed by atoms with E-state index in [1.807, 2.05) is 7.05 Å². The molecule has 1 saturated heterocycles. The Morgan fingerprint density at radius 3 is 2.74 bits per heavy atom. The first kappa shape index (κ1) is 26.7. The number of nitrogen functional groups attached to an aromatic ring is 1. The number of hydrogen-bond donors (Lipinski definition) is 3. The lowest BCUT2D eigenvalue weighted by molar-refractivity contribution is -0.383. The van der Waals surface area contributed by atoms with Gasteiger partial charge >= 0.3 is 0 Å². The van der Waals surface area contributed by atoms with Crippen LogP contribution in [0, 0.1) is 10.1 Å². The smallest absolute Gasteiger partial charge is 0.294 e. The van der Waals surface area contributed by atoms with E-state index in [0.717, 1.165) is 56.7 Å². The topological polar surface area (TPSA) is 122 Å². The number of nitro benzene ring substituents is 1. The van der Waals surface area contributed by atoms with Gasteiger partial charge in [0.15, 0.2) is 0 Å². The number of nitro groups is 1. The predicted octanol–water partition coefficient (Wildman–Crippen LogP) is 4.09. The maximum Gasteiger partial charge on any atom is 0.294 e. The van der Waals surface area contributed by atoms with Crippen LogP contribution >= 0.6 is 24.8 Å². The zero-order chi connectivity index (χ0) is 20.8. The van der Waals surface area contributed by atoms with E-state index in [-0.39, 0.29) is 36.2 Å². The summed E-state index contributed by atoms with van der Waals surface area (Å²) in [5, 5.41) is 17.6. The summed E-state index contributed by atoms with van der Waals surface area (Å²) in [7, 11) is 1.99. The summed E-state index contributed by atoms with van der Waals surface area (Å²) in [6.07, 6.45) is 5.25. The van der Waals surface area contributed by atoms with E-state index in [1.54, 1.807) is 6.07 Å². The third kappa shape index (κ3) is 7.09. The second-order valence-corrected chi connectivity index (χ2v) is 7.37. The van der Waals surface area contributed by atoms with Gasteiger partial charge in [-0.1, -0.05) is 13.3 Å². The molecule has 4 N–H and O–H groups in total. The van der Waals surface area contributed by atoms with Crippen molar-refractivity contribution in [2.75, 3.05) is 36.1 Å². The first-order valence-electron chi connectivity index (χ1n) is 10.1. The number of likely N-dealkylation sites (N-methyl/N-ethyl adjacent to an activating group) is 1. The molecule has 1 aliphatic heterocycles. The molecule has 31 heavy (non-hydrogen) atoms. The van der Waals surface area contributed by atoms with Crippen molar-refractivity contribution >= 4 is 53.6 Å². The third-order valence-electron chi connectivity index (χ3n) is 5.19. The van der Waals surface area contributed by atoms with Crippen LogP contribution in [0.15, 0.2) is 24.3 Å². The standard InChI is InChI=1S/C20H29N7O2.2ClH/c1-3-4-6-14-12-19(26-10-5-7-16(13-26)22-2)25-20(23-14)24-15-8-9-17(21)18(11-15)27(28)29;;/h8-9,11-12,16,22H,3-7,10,13,21H2,1-2H3,(H,23,24,25);2*1H. The van der Waals surface area contributed by atoms with Crippen molar-refractivity contribution < 1.29 is 4.92 Å². The van der Waals surface area contributed by atoms with Crippen molar-refractivity contribution in [2.24, 2.45) is 0 Å². The lowest BCUT2D eigenvalue weighted by atomic mass is 10.1. The number of aromatic nitrogens is 2. The maximum atomic E-state index is 11.2. The minimum absolute atomic E-state index is 0. The number of hydrogen-bond acceptors (Lipinski definition) is 8. The highest BCUT2D eigenvalue weighted by molar-refractivity contribution is 5.85. The van der Waals surface area contributed by atoms with Gasteiger partial charge in [0, 0.05) is 42.6 Å². The quantitative estimate of drug-likeness (QED) is 0.298. The zero-order valence-electron chi connectivity index (χ0n) is 17.8. The molecule has 3 rings (SSSR count). The van der Waals surface area contributed by atoms with E-state index in [2.05, 4.69) is 33.5 Å². The summed E-state index contributed by atoms with van der Waals surface area (Å²) in [6, 6.07) is 7.13. The molecule has 1 aromatic heterocycles. The second-order valence-electron chi connectivity index (χ2n) is 7.37. The zero-order valence-corrected chi connectivity index (χ0v) is 19.5. The molecule has 0 saturated carbocycles. The van der Waals surface area contributed by atoms with Crippen molar-refractivity contribution in [3.8, 4) is 0 Å². The SMILES string of the molecule is CCCCc1cc(N2CCCC(NC)C2)nc(Nc2ccc(N)c([N+](=O)[O-])c2)n1.Cl.Cl. The molecular weight excluding hydrogens is 441 g/mol. The van der Waals surface area contributed by atoms with Gasteiger partial charge in [-0.05, 0) is 44.9 Å². The Morgan fingerprint density at radius 2 is 2.06 bits per heavy atom. The molecule has 1 unspecified atom stereocenters. The molecule has 0 aliphatic carbocycles. The minimum Gasteiger partial charge on any atom is -0.393 e. The van der Waals surface area contributed by atoms with Crippen LogP contribution in [0.5, 0.6) is 0 Å². The monoisotopic (exact) mass is 471 g/mol. The minimum atomic E-state index is -0.490. The predicted molar refractivity (Wildman–Crippen MR) is 130 cm³/mol. The Morgan fingerprint density at radius 1 is 1.29 bits per heavy atom. The van der Waals surface area contributed by atoms with E-state index < -0.39 is 4.92 Å². The largest absolute Gasteiger partial charge is 0.393 e. The molecule has 1 aromatic carbocycles. The fourth-order valence-corrected chi connectivity index (χ4v) is 3.52. The molecule has 1 atom stereocenters. The number of nitrogens with one attached hydrogen (secondary N) is 2.